The number of hydrogen-bond donors (Lipinski definition) is 0. The van der Waals surface area contributed by atoms with Crippen molar-refractivity contribution in [1.29, 1.82) is 5.26 Å². The molecule has 0 bridgehead atoms. The fourth-order valence-electron chi connectivity index (χ4n) is 1.01. The number of aromatic nitrogens is 1. The van der Waals surface area contributed by atoms with Gasteiger partial charge in [-0.25, -0.2) is 4.18 Å². The van der Waals surface area contributed by atoms with Crippen molar-refractivity contribution in [3.8, 4) is 6.07 Å². The van der Waals surface area contributed by atoms with E-state index in [1.54, 1.807) is 18.2 Å². The Kier molecular flexibility index (Phi) is 3.39. The van der Waals surface area contributed by atoms with E-state index in [0.717, 1.165) is 11.8 Å². The van der Waals surface area contributed by atoms with E-state index in [4.69, 9.17) is 5.26 Å². The topological polar surface area (TPSA) is 80.0 Å². The second-order valence-electron chi connectivity index (χ2n) is 3.07. The minimum atomic E-state index is -3.66. The van der Waals surface area contributed by atoms with Crippen LogP contribution >= 0.6 is 0 Å². The van der Waals surface area contributed by atoms with Gasteiger partial charge in [-0.05, 0) is 24.6 Å². The summed E-state index contributed by atoms with van der Waals surface area (Å²) < 4.78 is 26.3. The van der Waals surface area contributed by atoms with Crippen LogP contribution in [0.3, 0.4) is 0 Å². The van der Waals surface area contributed by atoms with Crippen LogP contribution in [0.4, 0.5) is 0 Å². The zero-order valence-electron chi connectivity index (χ0n) is 8.34. The molecule has 0 fully saturated rings. The molecule has 80 valence electrons. The number of hydrogen-bond acceptors (Lipinski definition) is 5. The average Bonchev–Trinajstić information content (AvgIpc) is 2.13. The Bertz CT molecular complexity index is 490. The monoisotopic (exact) mass is 226 g/mol. The van der Waals surface area contributed by atoms with Gasteiger partial charge in [-0.1, -0.05) is 0 Å². The quantitative estimate of drug-likeness (QED) is 0.716. The van der Waals surface area contributed by atoms with E-state index >= 15 is 0 Å². The van der Waals surface area contributed by atoms with Crippen molar-refractivity contribution < 1.29 is 12.6 Å². The molecule has 0 saturated heterocycles. The highest BCUT2D eigenvalue weighted by molar-refractivity contribution is 7.86. The highest BCUT2D eigenvalue weighted by Crippen LogP contribution is 2.16. The molecule has 1 aromatic rings. The summed E-state index contributed by atoms with van der Waals surface area (Å²) in [6.07, 6.45) is 1.22. The SMILES string of the molecule is Cc1ccnc(C(C#N)OS(C)(=O)=O)c1. The third-order valence-electron chi connectivity index (χ3n) is 1.59. The normalized spacial score (nSPS) is 13.1. The van der Waals surface area contributed by atoms with E-state index in [1.165, 1.54) is 6.20 Å². The minimum absolute atomic E-state index is 0.294. The van der Waals surface area contributed by atoms with Gasteiger partial charge in [0.1, 0.15) is 6.07 Å². The molecule has 15 heavy (non-hydrogen) atoms. The standard InChI is InChI=1S/C9H10N2O3S/c1-7-3-4-11-8(5-7)9(6-10)14-15(2,12)13/h3-5,9H,1-2H3. The molecule has 1 unspecified atom stereocenters. The van der Waals surface area contributed by atoms with E-state index in [2.05, 4.69) is 9.17 Å². The first-order valence-corrected chi connectivity index (χ1v) is 5.94. The van der Waals surface area contributed by atoms with Gasteiger partial charge in [0.05, 0.1) is 11.9 Å². The maximum Gasteiger partial charge on any atom is 0.266 e. The molecule has 6 heteroatoms. The summed E-state index contributed by atoms with van der Waals surface area (Å²) in [4.78, 5) is 3.88. The molecule has 1 atom stereocenters. The summed E-state index contributed by atoms with van der Waals surface area (Å²) in [5, 5.41) is 8.75. The number of rotatable bonds is 3. The fourth-order valence-corrected chi connectivity index (χ4v) is 1.51. The van der Waals surface area contributed by atoms with Gasteiger partial charge < -0.3 is 0 Å². The van der Waals surface area contributed by atoms with Gasteiger partial charge in [0, 0.05) is 6.20 Å². The van der Waals surface area contributed by atoms with Gasteiger partial charge in [0.15, 0.2) is 0 Å². The summed E-state index contributed by atoms with van der Waals surface area (Å²) in [5.41, 5.74) is 1.18. The summed E-state index contributed by atoms with van der Waals surface area (Å²) >= 11 is 0. The Balaban J connectivity index is 3.00. The van der Waals surface area contributed by atoms with E-state index < -0.39 is 16.2 Å². The molecule has 5 nitrogen and oxygen atoms in total. The molecule has 1 aromatic heterocycles. The largest absolute Gasteiger partial charge is 0.266 e. The zero-order chi connectivity index (χ0) is 11.5. The average molecular weight is 226 g/mol. The molecular weight excluding hydrogens is 216 g/mol. The van der Waals surface area contributed by atoms with Crippen LogP contribution in [-0.2, 0) is 14.3 Å². The van der Waals surface area contributed by atoms with Crippen molar-refractivity contribution in [2.75, 3.05) is 6.26 Å². The summed E-state index contributed by atoms with van der Waals surface area (Å²) in [5.74, 6) is 0. The van der Waals surface area contributed by atoms with Crippen molar-refractivity contribution >= 4 is 10.1 Å². The van der Waals surface area contributed by atoms with Crippen LogP contribution in [0.1, 0.15) is 17.4 Å². The van der Waals surface area contributed by atoms with Crippen LogP contribution in [0.25, 0.3) is 0 Å². The predicted octanol–water partition coefficient (Wildman–Crippen LogP) is 0.931. The smallest absolute Gasteiger partial charge is 0.257 e. The van der Waals surface area contributed by atoms with Crippen LogP contribution in [-0.4, -0.2) is 19.7 Å². The fraction of sp³-hybridized carbons (Fsp3) is 0.333. The molecule has 0 N–H and O–H groups in total. The Morgan fingerprint density at radius 2 is 2.27 bits per heavy atom. The van der Waals surface area contributed by atoms with Crippen molar-refractivity contribution in [3.63, 3.8) is 0 Å². The lowest BCUT2D eigenvalue weighted by Crippen LogP contribution is -2.10. The molecule has 0 aliphatic heterocycles. The second-order valence-corrected chi connectivity index (χ2v) is 4.67. The molecule has 0 aliphatic rings. The summed E-state index contributed by atoms with van der Waals surface area (Å²) in [7, 11) is -3.66. The number of aryl methyl sites for hydroxylation is 1. The van der Waals surface area contributed by atoms with Gasteiger partial charge >= 0.3 is 0 Å². The molecule has 0 amide bonds. The predicted molar refractivity (Wildman–Crippen MR) is 53.3 cm³/mol. The van der Waals surface area contributed by atoms with Crippen LogP contribution in [0, 0.1) is 18.3 Å². The third kappa shape index (κ3) is 3.65. The molecule has 1 rings (SSSR count). The first-order chi connectivity index (χ1) is 6.92. The van der Waals surface area contributed by atoms with Crippen LogP contribution in [0.15, 0.2) is 18.3 Å². The van der Waals surface area contributed by atoms with Crippen LogP contribution < -0.4 is 0 Å². The Labute approximate surface area is 88.5 Å². The summed E-state index contributed by atoms with van der Waals surface area (Å²) in [6, 6.07) is 5.10. The van der Waals surface area contributed by atoms with Gasteiger partial charge in [-0.3, -0.25) is 4.98 Å². The Hall–Kier alpha value is -1.45. The van der Waals surface area contributed by atoms with Crippen molar-refractivity contribution in [2.24, 2.45) is 0 Å². The summed E-state index contributed by atoms with van der Waals surface area (Å²) in [6.45, 7) is 1.82. The highest BCUT2D eigenvalue weighted by atomic mass is 32.2. The molecule has 0 aliphatic carbocycles. The van der Waals surface area contributed by atoms with E-state index in [9.17, 15) is 8.42 Å². The molecule has 0 spiro atoms. The molecule has 1 heterocycles. The van der Waals surface area contributed by atoms with E-state index in [1.807, 2.05) is 6.92 Å². The van der Waals surface area contributed by atoms with E-state index in [-0.39, 0.29) is 0 Å². The van der Waals surface area contributed by atoms with Gasteiger partial charge in [0.25, 0.3) is 10.1 Å². The number of pyridine rings is 1. The highest BCUT2D eigenvalue weighted by Gasteiger charge is 2.18. The maximum absolute atomic E-state index is 10.9. The second kappa shape index (κ2) is 4.38. The molecular formula is C9H10N2O3S. The van der Waals surface area contributed by atoms with Gasteiger partial charge in [-0.2, -0.15) is 13.7 Å². The lowest BCUT2D eigenvalue weighted by molar-refractivity contribution is 0.266. The zero-order valence-corrected chi connectivity index (χ0v) is 9.15. The minimum Gasteiger partial charge on any atom is -0.257 e. The Morgan fingerprint density at radius 3 is 2.73 bits per heavy atom. The lowest BCUT2D eigenvalue weighted by atomic mass is 10.2. The molecule has 0 saturated carbocycles. The molecule has 0 radical (unpaired) electrons. The molecule has 0 aromatic carbocycles. The number of nitrogens with zero attached hydrogens (tertiary/aromatic N) is 2. The van der Waals surface area contributed by atoms with Gasteiger partial charge in [0.2, 0.25) is 6.10 Å². The lowest BCUT2D eigenvalue weighted by Gasteiger charge is -2.07. The van der Waals surface area contributed by atoms with Gasteiger partial charge in [-0.15, -0.1) is 0 Å². The van der Waals surface area contributed by atoms with E-state index in [0.29, 0.717) is 5.69 Å². The van der Waals surface area contributed by atoms with Crippen LogP contribution in [0.5, 0.6) is 0 Å². The first-order valence-electron chi connectivity index (χ1n) is 4.13. The van der Waals surface area contributed by atoms with Crippen LogP contribution in [0.2, 0.25) is 0 Å². The first kappa shape index (κ1) is 11.6. The third-order valence-corrected chi connectivity index (χ3v) is 2.14. The van der Waals surface area contributed by atoms with Crippen molar-refractivity contribution in [1.82, 2.24) is 4.98 Å². The Morgan fingerprint density at radius 1 is 1.60 bits per heavy atom. The number of nitriles is 1. The maximum atomic E-state index is 10.9. The van der Waals surface area contributed by atoms with Crippen molar-refractivity contribution in [3.05, 3.63) is 29.6 Å². The van der Waals surface area contributed by atoms with Crippen molar-refractivity contribution in [2.45, 2.75) is 13.0 Å².